The van der Waals surface area contributed by atoms with Crippen LogP contribution >= 0.6 is 0 Å². The minimum absolute atomic E-state index is 0.0416. The van der Waals surface area contributed by atoms with Gasteiger partial charge in [0.05, 0.1) is 16.8 Å². The third-order valence-electron chi connectivity index (χ3n) is 5.85. The van der Waals surface area contributed by atoms with Crippen LogP contribution in [0.1, 0.15) is 60.2 Å². The lowest BCUT2D eigenvalue weighted by Crippen LogP contribution is -2.54. The van der Waals surface area contributed by atoms with Gasteiger partial charge in [-0.05, 0) is 25.6 Å². The number of hydrogen-bond acceptors (Lipinski definition) is 6. The second kappa shape index (κ2) is 9.55. The molecular formula is C22H29FN4O4. The lowest BCUT2D eigenvalue weighted by atomic mass is 10.0. The summed E-state index contributed by atoms with van der Waals surface area (Å²) in [6.45, 7) is 7.13. The number of fused-ring (bicyclic) bond motifs is 1. The van der Waals surface area contributed by atoms with E-state index in [4.69, 9.17) is 0 Å². The van der Waals surface area contributed by atoms with Gasteiger partial charge in [-0.1, -0.05) is 26.7 Å². The SMILES string of the molecule is CCCC.CN1CCN(c2cc3c(cc2F)C(=O)N(C2CCC(=O)NC2=O)C3=O)CC1. The zero-order valence-corrected chi connectivity index (χ0v) is 18.2. The van der Waals surface area contributed by atoms with E-state index in [2.05, 4.69) is 24.1 Å². The van der Waals surface area contributed by atoms with Crippen molar-refractivity contribution in [3.63, 3.8) is 0 Å². The third kappa shape index (κ3) is 4.61. The van der Waals surface area contributed by atoms with Crippen LogP contribution in [0.5, 0.6) is 0 Å². The maximum absolute atomic E-state index is 14.7. The molecule has 2 fully saturated rings. The highest BCUT2D eigenvalue weighted by atomic mass is 19.1. The zero-order chi connectivity index (χ0) is 22.7. The lowest BCUT2D eigenvalue weighted by Gasteiger charge is -2.34. The van der Waals surface area contributed by atoms with Gasteiger partial charge in [0.2, 0.25) is 11.8 Å². The Morgan fingerprint density at radius 1 is 0.968 bits per heavy atom. The molecule has 2 saturated heterocycles. The summed E-state index contributed by atoms with van der Waals surface area (Å²) in [4.78, 5) is 53.7. The molecule has 0 spiro atoms. The van der Waals surface area contributed by atoms with Crippen molar-refractivity contribution in [1.29, 1.82) is 0 Å². The fourth-order valence-corrected chi connectivity index (χ4v) is 3.77. The van der Waals surface area contributed by atoms with E-state index in [1.165, 1.54) is 18.9 Å². The molecule has 0 saturated carbocycles. The molecule has 1 unspecified atom stereocenters. The Kier molecular flexibility index (Phi) is 7.04. The maximum atomic E-state index is 14.7. The molecular weight excluding hydrogens is 403 g/mol. The van der Waals surface area contributed by atoms with Crippen LogP contribution in [-0.2, 0) is 9.59 Å². The number of likely N-dealkylation sites (N-methyl/N-ethyl adjacent to an activating group) is 1. The van der Waals surface area contributed by atoms with Crippen LogP contribution in [0.3, 0.4) is 0 Å². The van der Waals surface area contributed by atoms with E-state index in [0.29, 0.717) is 13.1 Å². The second-order valence-electron chi connectivity index (χ2n) is 8.09. The first-order chi connectivity index (χ1) is 14.8. The Labute approximate surface area is 181 Å². The Balaban J connectivity index is 0.000000628. The summed E-state index contributed by atoms with van der Waals surface area (Å²) >= 11 is 0. The molecule has 0 aromatic heterocycles. The largest absolute Gasteiger partial charge is 0.367 e. The van der Waals surface area contributed by atoms with Crippen LogP contribution in [-0.4, -0.2) is 72.7 Å². The predicted octanol–water partition coefficient (Wildman–Crippen LogP) is 1.79. The number of carbonyl (C=O) groups is 4. The average Bonchev–Trinajstić information content (AvgIpc) is 2.98. The number of piperazine rings is 1. The van der Waals surface area contributed by atoms with Crippen molar-refractivity contribution in [2.45, 2.75) is 45.6 Å². The van der Waals surface area contributed by atoms with Crippen LogP contribution in [0.25, 0.3) is 0 Å². The number of nitrogens with zero attached hydrogens (tertiary/aromatic N) is 3. The van der Waals surface area contributed by atoms with Crippen LogP contribution < -0.4 is 10.2 Å². The van der Waals surface area contributed by atoms with Crippen LogP contribution in [0, 0.1) is 5.82 Å². The van der Waals surface area contributed by atoms with Gasteiger partial charge in [-0.25, -0.2) is 4.39 Å². The van der Waals surface area contributed by atoms with Gasteiger partial charge in [-0.3, -0.25) is 29.4 Å². The van der Waals surface area contributed by atoms with Gasteiger partial charge >= 0.3 is 0 Å². The highest BCUT2D eigenvalue weighted by Crippen LogP contribution is 2.32. The Bertz CT molecular complexity index is 894. The number of unbranched alkanes of at least 4 members (excludes halogenated alkanes) is 1. The summed E-state index contributed by atoms with van der Waals surface area (Å²) in [5, 5.41) is 2.14. The molecule has 1 aromatic rings. The number of halogens is 1. The van der Waals surface area contributed by atoms with E-state index >= 15 is 0 Å². The molecule has 3 aliphatic heterocycles. The molecule has 0 bridgehead atoms. The van der Waals surface area contributed by atoms with Crippen molar-refractivity contribution in [3.8, 4) is 0 Å². The molecule has 8 nitrogen and oxygen atoms in total. The number of nitrogens with one attached hydrogen (secondary N) is 1. The third-order valence-corrected chi connectivity index (χ3v) is 5.85. The molecule has 3 heterocycles. The van der Waals surface area contributed by atoms with Crippen molar-refractivity contribution < 1.29 is 23.6 Å². The minimum atomic E-state index is -1.05. The molecule has 1 aromatic carbocycles. The molecule has 4 amide bonds. The van der Waals surface area contributed by atoms with Crippen LogP contribution in [0.4, 0.5) is 10.1 Å². The smallest absolute Gasteiger partial charge is 0.262 e. The molecule has 3 aliphatic rings. The average molecular weight is 432 g/mol. The van der Waals surface area contributed by atoms with Gasteiger partial charge in [0, 0.05) is 32.6 Å². The van der Waals surface area contributed by atoms with Gasteiger partial charge in [0.25, 0.3) is 11.8 Å². The summed E-state index contributed by atoms with van der Waals surface area (Å²) in [6, 6.07) is 1.43. The van der Waals surface area contributed by atoms with Crippen molar-refractivity contribution in [2.24, 2.45) is 0 Å². The normalized spacial score (nSPS) is 21.6. The molecule has 31 heavy (non-hydrogen) atoms. The number of rotatable bonds is 3. The molecule has 168 valence electrons. The van der Waals surface area contributed by atoms with Gasteiger partial charge in [0.15, 0.2) is 0 Å². The first-order valence-corrected chi connectivity index (χ1v) is 10.8. The monoisotopic (exact) mass is 432 g/mol. The Hall–Kier alpha value is -2.81. The highest BCUT2D eigenvalue weighted by molar-refractivity contribution is 6.23. The van der Waals surface area contributed by atoms with Crippen molar-refractivity contribution in [1.82, 2.24) is 15.1 Å². The minimum Gasteiger partial charge on any atom is -0.367 e. The molecule has 4 rings (SSSR count). The summed E-state index contributed by atoms with van der Waals surface area (Å²) in [5.41, 5.74) is 0.341. The van der Waals surface area contributed by atoms with Gasteiger partial charge in [-0.15, -0.1) is 0 Å². The van der Waals surface area contributed by atoms with Gasteiger partial charge in [0.1, 0.15) is 11.9 Å². The molecule has 9 heteroatoms. The molecule has 1 N–H and O–H groups in total. The summed E-state index contributed by atoms with van der Waals surface area (Å²) in [6.07, 6.45) is 2.76. The number of benzene rings is 1. The van der Waals surface area contributed by atoms with Gasteiger partial charge < -0.3 is 9.80 Å². The second-order valence-corrected chi connectivity index (χ2v) is 8.09. The number of imide groups is 2. The quantitative estimate of drug-likeness (QED) is 0.733. The van der Waals surface area contributed by atoms with E-state index in [0.717, 1.165) is 24.1 Å². The zero-order valence-electron chi connectivity index (χ0n) is 18.2. The Morgan fingerprint density at radius 2 is 1.55 bits per heavy atom. The summed E-state index contributed by atoms with van der Waals surface area (Å²) in [7, 11) is 1.98. The molecule has 0 radical (unpaired) electrons. The number of piperidine rings is 1. The van der Waals surface area contributed by atoms with Crippen molar-refractivity contribution in [2.75, 3.05) is 38.1 Å². The number of carbonyl (C=O) groups excluding carboxylic acids is 4. The van der Waals surface area contributed by atoms with E-state index in [-0.39, 0.29) is 29.7 Å². The lowest BCUT2D eigenvalue weighted by molar-refractivity contribution is -0.136. The van der Waals surface area contributed by atoms with E-state index in [1.54, 1.807) is 0 Å². The van der Waals surface area contributed by atoms with Crippen LogP contribution in [0.15, 0.2) is 12.1 Å². The van der Waals surface area contributed by atoms with Gasteiger partial charge in [-0.2, -0.15) is 0 Å². The Morgan fingerprint density at radius 3 is 2.10 bits per heavy atom. The molecule has 0 aliphatic carbocycles. The standard InChI is InChI=1S/C18H19FN4O4.C4H10/c1-21-4-6-22(7-5-21)14-9-11-10(8-12(14)19)17(26)23(18(11)27)13-2-3-15(24)20-16(13)25;1-3-4-2/h8-9,13H,2-7H2,1H3,(H,20,24,25);3-4H2,1-2H3. The maximum Gasteiger partial charge on any atom is 0.262 e. The number of anilines is 1. The fraction of sp³-hybridized carbons (Fsp3) is 0.545. The van der Waals surface area contributed by atoms with E-state index < -0.39 is 35.5 Å². The topological polar surface area (TPSA) is 90.0 Å². The number of hydrogen-bond donors (Lipinski definition) is 1. The van der Waals surface area contributed by atoms with Crippen molar-refractivity contribution in [3.05, 3.63) is 29.1 Å². The first kappa shape index (κ1) is 22.9. The fourth-order valence-electron chi connectivity index (χ4n) is 3.77. The summed E-state index contributed by atoms with van der Waals surface area (Å²) in [5.74, 6) is -3.01. The van der Waals surface area contributed by atoms with Crippen LogP contribution in [0.2, 0.25) is 0 Å². The van der Waals surface area contributed by atoms with Crippen molar-refractivity contribution >= 4 is 29.3 Å². The first-order valence-electron chi connectivity index (χ1n) is 10.8. The molecule has 1 atom stereocenters. The van der Waals surface area contributed by atoms with E-state index in [1.807, 2.05) is 11.9 Å². The number of amides is 4. The highest BCUT2D eigenvalue weighted by Gasteiger charge is 2.45. The van der Waals surface area contributed by atoms with E-state index in [9.17, 15) is 23.6 Å². The summed E-state index contributed by atoms with van der Waals surface area (Å²) < 4.78 is 14.7. The predicted molar refractivity (Wildman–Crippen MR) is 113 cm³/mol.